The molecule has 1 unspecified atom stereocenters. The van der Waals surface area contributed by atoms with Crippen molar-refractivity contribution in [3.05, 3.63) is 12.2 Å². The second-order valence-corrected chi connectivity index (χ2v) is 19.2. The molecule has 0 aromatic heterocycles. The van der Waals surface area contributed by atoms with Crippen molar-refractivity contribution in [2.75, 3.05) is 6.61 Å². The zero-order chi connectivity index (χ0) is 45.5. The normalized spacial score (nSPS) is 11.8. The third-order valence-electron chi connectivity index (χ3n) is 12.7. The molecule has 0 rings (SSSR count). The van der Waals surface area contributed by atoms with Crippen molar-refractivity contribution in [3.63, 3.8) is 0 Å². The number of allylic oxidation sites excluding steroid dienone is 2. The molecule has 0 bridgehead atoms. The topological polar surface area (TPSA) is 52.6 Å². The van der Waals surface area contributed by atoms with E-state index in [0.717, 1.165) is 38.5 Å². The minimum absolute atomic E-state index is 0.0107. The Labute approximate surface area is 390 Å². The maximum Gasteiger partial charge on any atom is 0.306 e. The van der Waals surface area contributed by atoms with Crippen molar-refractivity contribution in [1.82, 2.24) is 0 Å². The van der Waals surface area contributed by atoms with E-state index in [4.69, 9.17) is 9.47 Å². The van der Waals surface area contributed by atoms with E-state index < -0.39 is 0 Å². The van der Waals surface area contributed by atoms with Crippen molar-refractivity contribution < 1.29 is 19.1 Å². The number of rotatable bonds is 50. The van der Waals surface area contributed by atoms with Crippen LogP contribution in [0.5, 0.6) is 0 Å². The van der Waals surface area contributed by atoms with Crippen LogP contribution < -0.4 is 0 Å². The molecule has 0 aliphatic heterocycles. The number of hydrogen-bond donors (Lipinski definition) is 0. The Hall–Kier alpha value is -1.32. The van der Waals surface area contributed by atoms with E-state index in [2.05, 4.69) is 46.8 Å². The van der Waals surface area contributed by atoms with Crippen LogP contribution in [0, 0.1) is 0 Å². The van der Waals surface area contributed by atoms with Crippen LogP contribution in [0.3, 0.4) is 0 Å². The van der Waals surface area contributed by atoms with Gasteiger partial charge in [0.05, 0.1) is 6.61 Å². The average molecular weight is 876 g/mol. The highest BCUT2D eigenvalue weighted by molar-refractivity contribution is 5.69. The van der Waals surface area contributed by atoms with Crippen LogP contribution in [0.15, 0.2) is 12.2 Å². The Morgan fingerprint density at radius 2 is 0.597 bits per heavy atom. The third kappa shape index (κ3) is 56.7. The summed E-state index contributed by atoms with van der Waals surface area (Å²) < 4.78 is 11.3. The Morgan fingerprint density at radius 3 is 0.952 bits per heavy atom. The van der Waals surface area contributed by atoms with Gasteiger partial charge in [0, 0.05) is 12.8 Å². The number of esters is 2. The van der Waals surface area contributed by atoms with E-state index in [1.165, 1.54) is 250 Å². The predicted octanol–water partition coefficient (Wildman–Crippen LogP) is 20.4. The third-order valence-corrected chi connectivity index (χ3v) is 12.7. The highest BCUT2D eigenvalue weighted by atomic mass is 16.5. The molecular weight excluding hydrogens is 761 g/mol. The molecule has 0 aromatic carbocycles. The summed E-state index contributed by atoms with van der Waals surface area (Å²) in [5.74, 6) is 0.0704. The number of ether oxygens (including phenoxy) is 2. The lowest BCUT2D eigenvalue weighted by atomic mass is 10.0. The maximum absolute atomic E-state index is 12.6. The Kier molecular flexibility index (Phi) is 58.4. The summed E-state index contributed by atoms with van der Waals surface area (Å²) in [5.41, 5.74) is 0. The van der Waals surface area contributed by atoms with E-state index in [1.54, 1.807) is 0 Å². The predicted molar refractivity (Wildman–Crippen MR) is 275 cm³/mol. The van der Waals surface area contributed by atoms with Crippen LogP contribution in [0.4, 0.5) is 0 Å². The molecule has 0 aromatic rings. The summed E-state index contributed by atoms with van der Waals surface area (Å²) in [6.07, 6.45) is 64.2. The summed E-state index contributed by atoms with van der Waals surface area (Å²) in [6, 6.07) is 0. The van der Waals surface area contributed by atoms with Gasteiger partial charge in [0.2, 0.25) is 0 Å². The zero-order valence-corrected chi connectivity index (χ0v) is 43.3. The summed E-state index contributed by atoms with van der Waals surface area (Å²) in [5, 5.41) is 0. The molecule has 0 heterocycles. The van der Waals surface area contributed by atoms with Gasteiger partial charge in [-0.2, -0.15) is 0 Å². The second-order valence-electron chi connectivity index (χ2n) is 19.2. The smallest absolute Gasteiger partial charge is 0.306 e. The molecule has 0 saturated carbocycles. The fraction of sp³-hybridized carbons (Fsp3) is 0.931. The lowest BCUT2D eigenvalue weighted by Gasteiger charge is -2.18. The summed E-state index contributed by atoms with van der Waals surface area (Å²) >= 11 is 0. The Bertz CT molecular complexity index is 867. The van der Waals surface area contributed by atoms with Gasteiger partial charge in [-0.15, -0.1) is 0 Å². The molecule has 1 atom stereocenters. The van der Waals surface area contributed by atoms with Crippen LogP contribution in [0.25, 0.3) is 0 Å². The molecular formula is C58H114O4. The van der Waals surface area contributed by atoms with E-state index in [1.807, 2.05) is 0 Å². The van der Waals surface area contributed by atoms with Crippen molar-refractivity contribution >= 4 is 11.9 Å². The molecule has 0 aliphatic rings. The summed E-state index contributed by atoms with van der Waals surface area (Å²) in [6.45, 7) is 12.0. The zero-order valence-electron chi connectivity index (χ0n) is 43.3. The molecule has 0 fully saturated rings. The molecule has 0 radical (unpaired) electrons. The van der Waals surface area contributed by atoms with E-state index in [9.17, 15) is 9.59 Å². The van der Waals surface area contributed by atoms with Gasteiger partial charge in [-0.05, 0) is 70.6 Å². The average Bonchev–Trinajstić information content (AvgIpc) is 3.27. The fourth-order valence-corrected chi connectivity index (χ4v) is 8.40. The number of unbranched alkanes of at least 4 members (excludes halogenated alkanes) is 37. The highest BCUT2D eigenvalue weighted by Crippen LogP contribution is 2.19. The highest BCUT2D eigenvalue weighted by Gasteiger charge is 2.14. The first-order valence-electron chi connectivity index (χ1n) is 28.5. The summed E-state index contributed by atoms with van der Waals surface area (Å²) in [7, 11) is 0. The molecule has 0 aliphatic carbocycles. The van der Waals surface area contributed by atoms with Crippen LogP contribution in [0.1, 0.15) is 336 Å². The van der Waals surface area contributed by atoms with Gasteiger partial charge >= 0.3 is 11.9 Å². The SMILES string of the molecule is CCCCCCCC/C=C\CCCCCCCC(=O)OC(CCCCCCCC)CCCCCCCCCCC.CCCCCCCCCCCC(=O)OCCCCCCCC. The lowest BCUT2D eigenvalue weighted by Crippen LogP contribution is -2.18. The second kappa shape index (κ2) is 57.7. The first kappa shape index (κ1) is 62.8. The molecule has 4 nitrogen and oxygen atoms in total. The van der Waals surface area contributed by atoms with Crippen LogP contribution in [-0.4, -0.2) is 24.6 Å². The number of hydrogen-bond acceptors (Lipinski definition) is 4. The van der Waals surface area contributed by atoms with Crippen LogP contribution in [-0.2, 0) is 19.1 Å². The molecule has 62 heavy (non-hydrogen) atoms. The Balaban J connectivity index is 0. The van der Waals surface area contributed by atoms with Gasteiger partial charge in [-0.3, -0.25) is 9.59 Å². The quantitative estimate of drug-likeness (QED) is 0.0347. The van der Waals surface area contributed by atoms with Gasteiger partial charge in [0.25, 0.3) is 0 Å². The number of carbonyl (C=O) groups is 2. The minimum atomic E-state index is 0.0107. The largest absolute Gasteiger partial charge is 0.466 e. The first-order valence-corrected chi connectivity index (χ1v) is 28.5. The van der Waals surface area contributed by atoms with E-state index in [0.29, 0.717) is 19.4 Å². The molecule has 4 heteroatoms. The Morgan fingerprint density at radius 1 is 0.323 bits per heavy atom. The van der Waals surface area contributed by atoms with Crippen LogP contribution >= 0.6 is 0 Å². The van der Waals surface area contributed by atoms with Gasteiger partial charge in [0.1, 0.15) is 6.10 Å². The van der Waals surface area contributed by atoms with Crippen molar-refractivity contribution in [2.24, 2.45) is 0 Å². The molecule has 0 saturated heterocycles. The molecule has 0 amide bonds. The van der Waals surface area contributed by atoms with Gasteiger partial charge < -0.3 is 9.47 Å². The molecule has 0 spiro atoms. The van der Waals surface area contributed by atoms with E-state index >= 15 is 0 Å². The number of carbonyl (C=O) groups excluding carboxylic acids is 2. The van der Waals surface area contributed by atoms with Crippen molar-refractivity contribution in [2.45, 2.75) is 343 Å². The molecule has 0 N–H and O–H groups in total. The standard InChI is InChI=1S/C38H74O2.C20H40O2/c1-4-7-10-13-16-18-19-20-21-22-23-25-27-30-33-36-38(39)40-37(34-31-28-15-12-9-6-3)35-32-29-26-24-17-14-11-8-5-2;1-3-5-7-9-11-12-13-14-16-18-20(21)22-19-17-15-10-8-6-4-2/h20-21,37H,4-19,22-36H2,1-3H3;3-19H2,1-2H3/b21-20-;. The van der Waals surface area contributed by atoms with E-state index in [-0.39, 0.29) is 18.0 Å². The van der Waals surface area contributed by atoms with Gasteiger partial charge in [0.15, 0.2) is 0 Å². The monoisotopic (exact) mass is 875 g/mol. The first-order chi connectivity index (χ1) is 30.5. The van der Waals surface area contributed by atoms with Crippen molar-refractivity contribution in [1.29, 1.82) is 0 Å². The molecule has 370 valence electrons. The van der Waals surface area contributed by atoms with Crippen LogP contribution in [0.2, 0.25) is 0 Å². The maximum atomic E-state index is 12.6. The van der Waals surface area contributed by atoms with Gasteiger partial charge in [-0.25, -0.2) is 0 Å². The van der Waals surface area contributed by atoms with Crippen molar-refractivity contribution in [3.8, 4) is 0 Å². The minimum Gasteiger partial charge on any atom is -0.466 e. The van der Waals surface area contributed by atoms with Gasteiger partial charge in [-0.1, -0.05) is 265 Å². The fourth-order valence-electron chi connectivity index (χ4n) is 8.40. The lowest BCUT2D eigenvalue weighted by molar-refractivity contribution is -0.150. The summed E-state index contributed by atoms with van der Waals surface area (Å²) in [4.78, 5) is 24.2.